The quantitative estimate of drug-likeness (QED) is 0.801. The average Bonchev–Trinajstić information content (AvgIpc) is 2.14. The molecule has 0 saturated heterocycles. The standard InChI is InChI=1S/C9H10F3NO2S2/c1-6(16-17(2,14)15)7-3-4-8(13-5-7)9(10,11)12/h3-6H,1-2H3. The second kappa shape index (κ2) is 4.85. The van der Waals surface area contributed by atoms with Crippen molar-refractivity contribution in [3.8, 4) is 0 Å². The predicted molar refractivity (Wildman–Crippen MR) is 60.1 cm³/mol. The van der Waals surface area contributed by atoms with Crippen molar-refractivity contribution < 1.29 is 21.6 Å². The van der Waals surface area contributed by atoms with Gasteiger partial charge in [0.05, 0.1) is 0 Å². The van der Waals surface area contributed by atoms with Crippen molar-refractivity contribution in [2.24, 2.45) is 0 Å². The first-order valence-electron chi connectivity index (χ1n) is 4.51. The Labute approximate surface area is 101 Å². The molecular weight excluding hydrogens is 275 g/mol. The molecule has 96 valence electrons. The Morgan fingerprint density at radius 2 is 1.94 bits per heavy atom. The van der Waals surface area contributed by atoms with Crippen LogP contribution < -0.4 is 0 Å². The van der Waals surface area contributed by atoms with E-state index in [4.69, 9.17) is 0 Å². The van der Waals surface area contributed by atoms with Gasteiger partial charge < -0.3 is 0 Å². The molecule has 1 aromatic rings. The Hall–Kier alpha value is -0.760. The normalized spacial score (nSPS) is 14.6. The van der Waals surface area contributed by atoms with Crippen LogP contribution in [0.15, 0.2) is 18.3 Å². The molecule has 0 bridgehead atoms. The lowest BCUT2D eigenvalue weighted by molar-refractivity contribution is -0.141. The summed E-state index contributed by atoms with van der Waals surface area (Å²) >= 11 is 0. The van der Waals surface area contributed by atoms with Crippen molar-refractivity contribution in [1.29, 1.82) is 0 Å². The molecule has 0 aromatic carbocycles. The summed E-state index contributed by atoms with van der Waals surface area (Å²) in [7, 11) is -2.57. The first-order valence-corrected chi connectivity index (χ1v) is 7.80. The minimum Gasteiger partial charge on any atom is -0.251 e. The molecule has 1 rings (SSSR count). The van der Waals surface area contributed by atoms with Crippen LogP contribution in [0.25, 0.3) is 0 Å². The molecular formula is C9H10F3NO2S2. The number of rotatable bonds is 3. The minimum atomic E-state index is -4.48. The van der Waals surface area contributed by atoms with E-state index >= 15 is 0 Å². The van der Waals surface area contributed by atoms with Crippen molar-refractivity contribution in [2.75, 3.05) is 6.26 Å². The fraction of sp³-hybridized carbons (Fsp3) is 0.444. The molecule has 0 N–H and O–H groups in total. The van der Waals surface area contributed by atoms with E-state index in [1.165, 1.54) is 6.07 Å². The lowest BCUT2D eigenvalue weighted by Crippen LogP contribution is -2.08. The predicted octanol–water partition coefficient (Wildman–Crippen LogP) is 2.85. The number of alkyl halides is 3. The van der Waals surface area contributed by atoms with Gasteiger partial charge in [0.25, 0.3) is 0 Å². The summed E-state index contributed by atoms with van der Waals surface area (Å²) in [5, 5.41) is -0.459. The third kappa shape index (κ3) is 4.55. The Morgan fingerprint density at radius 1 is 1.35 bits per heavy atom. The van der Waals surface area contributed by atoms with Crippen LogP contribution in [0.1, 0.15) is 23.4 Å². The van der Waals surface area contributed by atoms with E-state index in [9.17, 15) is 21.6 Å². The van der Waals surface area contributed by atoms with Gasteiger partial charge in [0.1, 0.15) is 5.69 Å². The number of aromatic nitrogens is 1. The van der Waals surface area contributed by atoms with Gasteiger partial charge in [-0.3, -0.25) is 4.98 Å². The molecule has 0 spiro atoms. The zero-order valence-electron chi connectivity index (χ0n) is 9.02. The smallest absolute Gasteiger partial charge is 0.251 e. The molecule has 0 radical (unpaired) electrons. The lowest BCUT2D eigenvalue weighted by atomic mass is 10.2. The second-order valence-corrected chi connectivity index (χ2v) is 8.12. The summed E-state index contributed by atoms with van der Waals surface area (Å²) in [6, 6.07) is 2.08. The maximum absolute atomic E-state index is 12.2. The fourth-order valence-electron chi connectivity index (χ4n) is 1.13. The first kappa shape index (κ1) is 14.3. The molecule has 1 atom stereocenters. The number of halogens is 3. The molecule has 0 saturated carbocycles. The minimum absolute atomic E-state index is 0.438. The largest absolute Gasteiger partial charge is 0.433 e. The van der Waals surface area contributed by atoms with E-state index < -0.39 is 26.0 Å². The molecule has 0 fully saturated rings. The van der Waals surface area contributed by atoms with Crippen molar-refractivity contribution >= 4 is 19.7 Å². The van der Waals surface area contributed by atoms with Crippen LogP contribution in [0.5, 0.6) is 0 Å². The maximum atomic E-state index is 12.2. The Bertz CT molecular complexity index is 482. The van der Waals surface area contributed by atoms with Gasteiger partial charge in [-0.1, -0.05) is 6.07 Å². The summed E-state index contributed by atoms with van der Waals surface area (Å²) in [6.07, 6.45) is -2.39. The molecule has 8 heteroatoms. The van der Waals surface area contributed by atoms with Crippen LogP contribution in [-0.4, -0.2) is 19.7 Å². The van der Waals surface area contributed by atoms with E-state index in [0.717, 1.165) is 18.5 Å². The molecule has 1 aromatic heterocycles. The van der Waals surface area contributed by atoms with Crippen molar-refractivity contribution in [3.63, 3.8) is 0 Å². The van der Waals surface area contributed by atoms with Crippen LogP contribution in [0, 0.1) is 0 Å². The lowest BCUT2D eigenvalue weighted by Gasteiger charge is -2.11. The monoisotopic (exact) mass is 285 g/mol. The Morgan fingerprint density at radius 3 is 2.29 bits per heavy atom. The highest BCUT2D eigenvalue weighted by Gasteiger charge is 2.32. The van der Waals surface area contributed by atoms with Crippen LogP contribution in [-0.2, 0) is 15.0 Å². The highest BCUT2D eigenvalue weighted by molar-refractivity contribution is 8.71. The van der Waals surface area contributed by atoms with Crippen LogP contribution in [0.4, 0.5) is 13.2 Å². The zero-order chi connectivity index (χ0) is 13.3. The molecule has 0 aliphatic carbocycles. The second-order valence-electron chi connectivity index (χ2n) is 3.42. The SMILES string of the molecule is CC(SS(C)(=O)=O)c1ccc(C(F)(F)F)nc1. The summed E-state index contributed by atoms with van der Waals surface area (Å²) in [6.45, 7) is 1.59. The number of hydrogen-bond donors (Lipinski definition) is 0. The highest BCUT2D eigenvalue weighted by Crippen LogP contribution is 2.33. The van der Waals surface area contributed by atoms with Crippen LogP contribution in [0.3, 0.4) is 0 Å². The zero-order valence-corrected chi connectivity index (χ0v) is 10.7. The molecule has 3 nitrogen and oxygen atoms in total. The average molecular weight is 285 g/mol. The topological polar surface area (TPSA) is 47.0 Å². The van der Waals surface area contributed by atoms with Crippen LogP contribution in [0.2, 0.25) is 0 Å². The van der Waals surface area contributed by atoms with Gasteiger partial charge in [0.15, 0.2) is 8.87 Å². The molecule has 0 aliphatic heterocycles. The van der Waals surface area contributed by atoms with E-state index in [1.54, 1.807) is 6.92 Å². The molecule has 1 unspecified atom stereocenters. The Balaban J connectivity index is 2.88. The summed E-state index contributed by atoms with van der Waals surface area (Å²) in [4.78, 5) is 3.27. The van der Waals surface area contributed by atoms with Gasteiger partial charge in [-0.25, -0.2) is 8.42 Å². The number of nitrogens with zero attached hydrogens (tertiary/aromatic N) is 1. The van der Waals surface area contributed by atoms with E-state index in [0.29, 0.717) is 16.4 Å². The van der Waals surface area contributed by atoms with Crippen LogP contribution >= 0.6 is 10.8 Å². The van der Waals surface area contributed by atoms with E-state index in [-0.39, 0.29) is 0 Å². The van der Waals surface area contributed by atoms with Crippen molar-refractivity contribution in [2.45, 2.75) is 18.3 Å². The maximum Gasteiger partial charge on any atom is 0.433 e. The van der Waals surface area contributed by atoms with Gasteiger partial charge >= 0.3 is 6.18 Å². The summed E-state index contributed by atoms with van der Waals surface area (Å²) < 4.78 is 58.7. The van der Waals surface area contributed by atoms with Gasteiger partial charge in [0, 0.05) is 17.7 Å². The van der Waals surface area contributed by atoms with Gasteiger partial charge in [-0.2, -0.15) is 13.2 Å². The molecule has 0 amide bonds. The highest BCUT2D eigenvalue weighted by atomic mass is 33.1. The fourth-order valence-corrected chi connectivity index (χ4v) is 3.81. The van der Waals surface area contributed by atoms with Gasteiger partial charge in [0.2, 0.25) is 0 Å². The molecule has 1 heterocycles. The summed E-state index contributed by atoms with van der Waals surface area (Å²) in [5.74, 6) is 0. The number of pyridine rings is 1. The first-order chi connectivity index (χ1) is 7.59. The van der Waals surface area contributed by atoms with Gasteiger partial charge in [-0.15, -0.1) is 0 Å². The van der Waals surface area contributed by atoms with Crippen molar-refractivity contribution in [3.05, 3.63) is 29.6 Å². The molecule has 17 heavy (non-hydrogen) atoms. The third-order valence-corrected chi connectivity index (χ3v) is 4.69. The Kier molecular flexibility index (Phi) is 4.08. The summed E-state index contributed by atoms with van der Waals surface area (Å²) in [5.41, 5.74) is -0.550. The number of hydrogen-bond acceptors (Lipinski definition) is 4. The van der Waals surface area contributed by atoms with E-state index in [1.807, 2.05) is 0 Å². The third-order valence-electron chi connectivity index (χ3n) is 1.87. The van der Waals surface area contributed by atoms with Gasteiger partial charge in [-0.05, 0) is 29.3 Å². The van der Waals surface area contributed by atoms with Crippen molar-refractivity contribution in [1.82, 2.24) is 4.98 Å². The molecule has 0 aliphatic rings. The van der Waals surface area contributed by atoms with E-state index in [2.05, 4.69) is 4.98 Å².